The summed E-state index contributed by atoms with van der Waals surface area (Å²) in [6, 6.07) is -0.238. The van der Waals surface area contributed by atoms with E-state index in [1.807, 2.05) is 4.90 Å². The van der Waals surface area contributed by atoms with Crippen molar-refractivity contribution in [2.45, 2.75) is 63.8 Å². The van der Waals surface area contributed by atoms with E-state index in [0.29, 0.717) is 11.8 Å². The van der Waals surface area contributed by atoms with Gasteiger partial charge in [-0.05, 0) is 37.5 Å². The summed E-state index contributed by atoms with van der Waals surface area (Å²) < 4.78 is 0. The molecule has 2 amide bonds. The fourth-order valence-corrected chi connectivity index (χ4v) is 4.17. The van der Waals surface area contributed by atoms with E-state index in [1.54, 1.807) is 0 Å². The molecule has 0 bridgehead atoms. The first-order valence-electron chi connectivity index (χ1n) is 8.32. The number of hydrogen-bond donors (Lipinski definition) is 1. The van der Waals surface area contributed by atoms with Gasteiger partial charge in [0.15, 0.2) is 0 Å². The average molecular weight is 278 g/mol. The van der Waals surface area contributed by atoms with Crippen LogP contribution in [0.5, 0.6) is 0 Å². The molecule has 1 heterocycles. The molecule has 0 aromatic heterocycles. The Labute approximate surface area is 121 Å². The summed E-state index contributed by atoms with van der Waals surface area (Å²) in [5.41, 5.74) is 0. The van der Waals surface area contributed by atoms with Crippen LogP contribution >= 0.6 is 0 Å². The predicted molar refractivity (Wildman–Crippen MR) is 77.0 cm³/mol. The quantitative estimate of drug-likeness (QED) is 0.859. The molecule has 1 saturated heterocycles. The number of carbonyl (C=O) groups is 2. The first-order chi connectivity index (χ1) is 9.74. The van der Waals surface area contributed by atoms with Crippen LogP contribution in [-0.4, -0.2) is 35.8 Å². The topological polar surface area (TPSA) is 49.4 Å². The zero-order chi connectivity index (χ0) is 13.9. The molecule has 3 fully saturated rings. The molecule has 1 aliphatic heterocycles. The Morgan fingerprint density at radius 2 is 1.60 bits per heavy atom. The SMILES string of the molecule is O=C1CN(CC2CCCC2)C(=O)C(C2CCCCC2)N1. The van der Waals surface area contributed by atoms with Gasteiger partial charge < -0.3 is 10.2 Å². The number of amides is 2. The third-order valence-corrected chi connectivity index (χ3v) is 5.30. The molecule has 0 radical (unpaired) electrons. The van der Waals surface area contributed by atoms with Gasteiger partial charge in [-0.15, -0.1) is 0 Å². The standard InChI is InChI=1S/C16H26N2O2/c19-14-11-18(10-12-6-4-5-7-12)16(20)15(17-14)13-8-2-1-3-9-13/h12-13,15H,1-11H2,(H,17,19). The van der Waals surface area contributed by atoms with Crippen LogP contribution in [0, 0.1) is 11.8 Å². The summed E-state index contributed by atoms with van der Waals surface area (Å²) in [7, 11) is 0. The van der Waals surface area contributed by atoms with Gasteiger partial charge in [-0.1, -0.05) is 32.1 Å². The third-order valence-electron chi connectivity index (χ3n) is 5.30. The fraction of sp³-hybridized carbons (Fsp3) is 0.875. The number of hydrogen-bond acceptors (Lipinski definition) is 2. The van der Waals surface area contributed by atoms with Gasteiger partial charge in [0.25, 0.3) is 0 Å². The number of carbonyl (C=O) groups excluding carboxylic acids is 2. The maximum absolute atomic E-state index is 12.7. The highest BCUT2D eigenvalue weighted by molar-refractivity contribution is 5.95. The summed E-state index contributed by atoms with van der Waals surface area (Å²) in [5, 5.41) is 2.96. The Balaban J connectivity index is 1.64. The molecule has 2 aliphatic carbocycles. The molecule has 1 unspecified atom stereocenters. The van der Waals surface area contributed by atoms with Gasteiger partial charge in [-0.3, -0.25) is 9.59 Å². The number of nitrogens with one attached hydrogen (secondary N) is 1. The van der Waals surface area contributed by atoms with E-state index >= 15 is 0 Å². The lowest BCUT2D eigenvalue weighted by Crippen LogP contribution is -2.61. The Morgan fingerprint density at radius 3 is 2.30 bits per heavy atom. The monoisotopic (exact) mass is 278 g/mol. The van der Waals surface area contributed by atoms with E-state index in [-0.39, 0.29) is 24.4 Å². The van der Waals surface area contributed by atoms with E-state index in [0.717, 1.165) is 19.4 Å². The fourth-order valence-electron chi connectivity index (χ4n) is 4.17. The van der Waals surface area contributed by atoms with Crippen molar-refractivity contribution in [3.05, 3.63) is 0 Å². The van der Waals surface area contributed by atoms with Gasteiger partial charge in [0.2, 0.25) is 11.8 Å². The second-order valence-corrected chi connectivity index (χ2v) is 6.81. The van der Waals surface area contributed by atoms with Crippen LogP contribution in [0.3, 0.4) is 0 Å². The summed E-state index contributed by atoms with van der Waals surface area (Å²) in [4.78, 5) is 26.5. The van der Waals surface area contributed by atoms with E-state index in [9.17, 15) is 9.59 Å². The molecule has 3 rings (SSSR count). The largest absolute Gasteiger partial charge is 0.342 e. The van der Waals surface area contributed by atoms with E-state index in [2.05, 4.69) is 5.32 Å². The molecular formula is C16H26N2O2. The van der Waals surface area contributed by atoms with E-state index in [4.69, 9.17) is 0 Å². The minimum absolute atomic E-state index is 0.0400. The van der Waals surface area contributed by atoms with Crippen molar-refractivity contribution in [3.8, 4) is 0 Å². The van der Waals surface area contributed by atoms with Crippen LogP contribution in [-0.2, 0) is 9.59 Å². The van der Waals surface area contributed by atoms with E-state index < -0.39 is 0 Å². The highest BCUT2D eigenvalue weighted by Gasteiger charge is 2.38. The average Bonchev–Trinajstić information content (AvgIpc) is 2.96. The third kappa shape index (κ3) is 2.99. The van der Waals surface area contributed by atoms with Gasteiger partial charge in [0.05, 0.1) is 6.54 Å². The number of nitrogens with zero attached hydrogens (tertiary/aromatic N) is 1. The van der Waals surface area contributed by atoms with Crippen molar-refractivity contribution in [2.75, 3.05) is 13.1 Å². The van der Waals surface area contributed by atoms with Crippen LogP contribution in [0.4, 0.5) is 0 Å². The molecule has 0 aromatic carbocycles. The Hall–Kier alpha value is -1.06. The van der Waals surface area contributed by atoms with Gasteiger partial charge >= 0.3 is 0 Å². The molecule has 4 heteroatoms. The minimum Gasteiger partial charge on any atom is -0.342 e. The highest BCUT2D eigenvalue weighted by Crippen LogP contribution is 2.30. The molecule has 1 N–H and O–H groups in total. The van der Waals surface area contributed by atoms with Gasteiger partial charge in [0, 0.05) is 6.54 Å². The first kappa shape index (κ1) is 13.9. The van der Waals surface area contributed by atoms with Crippen LogP contribution in [0.25, 0.3) is 0 Å². The molecule has 0 spiro atoms. The van der Waals surface area contributed by atoms with Crippen molar-refractivity contribution in [1.82, 2.24) is 10.2 Å². The lowest BCUT2D eigenvalue weighted by molar-refractivity contribution is -0.146. The first-order valence-corrected chi connectivity index (χ1v) is 8.32. The van der Waals surface area contributed by atoms with Crippen molar-refractivity contribution in [1.29, 1.82) is 0 Å². The Kier molecular flexibility index (Phi) is 4.27. The molecular weight excluding hydrogens is 252 g/mol. The van der Waals surface area contributed by atoms with Gasteiger partial charge in [-0.25, -0.2) is 0 Å². The van der Waals surface area contributed by atoms with Crippen LogP contribution in [0.1, 0.15) is 57.8 Å². The highest BCUT2D eigenvalue weighted by atomic mass is 16.2. The predicted octanol–water partition coefficient (Wildman–Crippen LogP) is 2.08. The Bertz CT molecular complexity index is 371. The second kappa shape index (κ2) is 6.15. The van der Waals surface area contributed by atoms with Crippen LogP contribution in [0.15, 0.2) is 0 Å². The molecule has 20 heavy (non-hydrogen) atoms. The summed E-state index contributed by atoms with van der Waals surface area (Å²) in [5.74, 6) is 1.21. The summed E-state index contributed by atoms with van der Waals surface area (Å²) >= 11 is 0. The van der Waals surface area contributed by atoms with E-state index in [1.165, 1.54) is 44.9 Å². The zero-order valence-corrected chi connectivity index (χ0v) is 12.3. The van der Waals surface area contributed by atoms with Crippen molar-refractivity contribution in [3.63, 3.8) is 0 Å². The lowest BCUT2D eigenvalue weighted by Gasteiger charge is -2.38. The molecule has 2 saturated carbocycles. The Morgan fingerprint density at radius 1 is 0.950 bits per heavy atom. The maximum Gasteiger partial charge on any atom is 0.245 e. The van der Waals surface area contributed by atoms with Gasteiger partial charge in [0.1, 0.15) is 6.04 Å². The second-order valence-electron chi connectivity index (χ2n) is 6.81. The minimum atomic E-state index is -0.238. The molecule has 4 nitrogen and oxygen atoms in total. The lowest BCUT2D eigenvalue weighted by atomic mass is 9.82. The van der Waals surface area contributed by atoms with Crippen LogP contribution < -0.4 is 5.32 Å². The zero-order valence-electron chi connectivity index (χ0n) is 12.3. The molecule has 112 valence electrons. The smallest absolute Gasteiger partial charge is 0.245 e. The maximum atomic E-state index is 12.7. The molecule has 1 atom stereocenters. The number of piperazine rings is 1. The number of rotatable bonds is 3. The summed E-state index contributed by atoms with van der Waals surface area (Å²) in [6.07, 6.45) is 10.9. The van der Waals surface area contributed by atoms with Gasteiger partial charge in [-0.2, -0.15) is 0 Å². The van der Waals surface area contributed by atoms with Crippen molar-refractivity contribution < 1.29 is 9.59 Å². The summed E-state index contributed by atoms with van der Waals surface area (Å²) in [6.45, 7) is 1.08. The normalized spacial score (nSPS) is 29.8. The van der Waals surface area contributed by atoms with Crippen molar-refractivity contribution >= 4 is 11.8 Å². The molecule has 3 aliphatic rings. The molecule has 0 aromatic rings. The van der Waals surface area contributed by atoms with Crippen molar-refractivity contribution in [2.24, 2.45) is 11.8 Å². The van der Waals surface area contributed by atoms with Crippen LogP contribution in [0.2, 0.25) is 0 Å².